The van der Waals surface area contributed by atoms with E-state index >= 15 is 0 Å². The standard InChI is InChI=1S/C21H19F3N4O3S/c1-11-10-28(17-4-3-16(32-17)21(22,23)24)20(31)18-15(5-6-27(11)18)19(30)26-14-7-13(12(2)29)8-25-9-14/h3-9,11-12,29H,10H2,1-2H3,(H,26,30)/t11-,12?/m0/s1. The smallest absolute Gasteiger partial charge is 0.389 e. The molecule has 2 amide bonds. The van der Waals surface area contributed by atoms with E-state index in [1.807, 2.05) is 6.92 Å². The van der Waals surface area contributed by atoms with Crippen LogP contribution in [0.1, 0.15) is 57.3 Å². The number of thiophene rings is 1. The van der Waals surface area contributed by atoms with Crippen molar-refractivity contribution in [2.75, 3.05) is 16.8 Å². The summed E-state index contributed by atoms with van der Waals surface area (Å²) < 4.78 is 40.7. The molecular weight excluding hydrogens is 445 g/mol. The lowest BCUT2D eigenvalue weighted by Gasteiger charge is -2.32. The summed E-state index contributed by atoms with van der Waals surface area (Å²) in [5.74, 6) is -1.11. The number of carbonyl (C=O) groups excluding carboxylic acids is 2. The monoisotopic (exact) mass is 464 g/mol. The Bertz CT molecular complexity index is 1190. The minimum Gasteiger partial charge on any atom is -0.389 e. The first kappa shape index (κ1) is 22.0. The highest BCUT2D eigenvalue weighted by Gasteiger charge is 2.37. The van der Waals surface area contributed by atoms with E-state index in [-0.39, 0.29) is 28.8 Å². The van der Waals surface area contributed by atoms with E-state index < -0.39 is 29.0 Å². The molecule has 0 fully saturated rings. The number of rotatable bonds is 4. The summed E-state index contributed by atoms with van der Waals surface area (Å²) >= 11 is 0.489. The first-order valence-corrected chi connectivity index (χ1v) is 10.5. The van der Waals surface area contributed by atoms with Crippen molar-refractivity contribution in [3.8, 4) is 0 Å². The lowest BCUT2D eigenvalue weighted by Crippen LogP contribution is -2.42. The Labute approximate surface area is 185 Å². The SMILES string of the molecule is CC(O)c1cncc(NC(=O)c2ccn3c2C(=O)N(c2ccc(C(F)(F)F)s2)C[C@@H]3C)c1. The second-order valence-corrected chi connectivity index (χ2v) is 8.58. The zero-order valence-corrected chi connectivity index (χ0v) is 17.9. The predicted octanol–water partition coefficient (Wildman–Crippen LogP) is 4.49. The minimum atomic E-state index is -4.49. The van der Waals surface area contributed by atoms with E-state index in [0.717, 1.165) is 6.07 Å². The van der Waals surface area contributed by atoms with Gasteiger partial charge < -0.3 is 15.0 Å². The summed E-state index contributed by atoms with van der Waals surface area (Å²) in [5, 5.41) is 12.5. The average Bonchev–Trinajstić information content (AvgIpc) is 3.38. The molecule has 168 valence electrons. The molecule has 1 unspecified atom stereocenters. The summed E-state index contributed by atoms with van der Waals surface area (Å²) in [5.41, 5.74) is 1.05. The van der Waals surface area contributed by atoms with Gasteiger partial charge in [-0.3, -0.25) is 19.5 Å². The molecule has 0 spiro atoms. The fourth-order valence-electron chi connectivity index (χ4n) is 3.55. The molecule has 0 saturated heterocycles. The number of fused-ring (bicyclic) bond motifs is 1. The lowest BCUT2D eigenvalue weighted by molar-refractivity contribution is -0.134. The zero-order valence-electron chi connectivity index (χ0n) is 17.1. The number of carbonyl (C=O) groups is 2. The number of amides is 2. The minimum absolute atomic E-state index is 0.0987. The Kier molecular flexibility index (Phi) is 5.55. The van der Waals surface area contributed by atoms with Gasteiger partial charge in [0, 0.05) is 30.5 Å². The van der Waals surface area contributed by atoms with Gasteiger partial charge in [-0.25, -0.2) is 0 Å². The highest BCUT2D eigenvalue weighted by atomic mass is 32.1. The van der Waals surface area contributed by atoms with Crippen molar-refractivity contribution >= 4 is 33.8 Å². The maximum atomic E-state index is 13.2. The summed E-state index contributed by atoms with van der Waals surface area (Å²) in [6.07, 6.45) is -0.769. The van der Waals surface area contributed by atoms with Gasteiger partial charge in [0.15, 0.2) is 0 Å². The van der Waals surface area contributed by atoms with Gasteiger partial charge in [-0.05, 0) is 38.1 Å². The molecule has 0 radical (unpaired) electrons. The number of alkyl halides is 3. The van der Waals surface area contributed by atoms with Crippen molar-refractivity contribution in [1.82, 2.24) is 9.55 Å². The van der Waals surface area contributed by atoms with Gasteiger partial charge in [-0.2, -0.15) is 13.2 Å². The number of anilines is 2. The summed E-state index contributed by atoms with van der Waals surface area (Å²) in [7, 11) is 0. The van der Waals surface area contributed by atoms with Gasteiger partial charge in [-0.1, -0.05) is 0 Å². The van der Waals surface area contributed by atoms with Crippen molar-refractivity contribution in [1.29, 1.82) is 0 Å². The van der Waals surface area contributed by atoms with Crippen molar-refractivity contribution in [3.63, 3.8) is 0 Å². The highest BCUT2D eigenvalue weighted by Crippen LogP contribution is 2.40. The molecule has 7 nitrogen and oxygen atoms in total. The van der Waals surface area contributed by atoms with Crippen molar-refractivity contribution in [3.05, 3.63) is 64.6 Å². The maximum absolute atomic E-state index is 13.2. The number of hydrogen-bond donors (Lipinski definition) is 2. The Morgan fingerprint density at radius 2 is 2.06 bits per heavy atom. The molecule has 4 heterocycles. The van der Waals surface area contributed by atoms with E-state index in [1.165, 1.54) is 29.4 Å². The van der Waals surface area contributed by atoms with E-state index in [1.54, 1.807) is 23.8 Å². The van der Waals surface area contributed by atoms with Gasteiger partial charge in [0.1, 0.15) is 10.6 Å². The van der Waals surface area contributed by atoms with Crippen LogP contribution in [-0.4, -0.2) is 33.0 Å². The molecule has 3 aromatic rings. The molecule has 32 heavy (non-hydrogen) atoms. The van der Waals surface area contributed by atoms with E-state index in [9.17, 15) is 27.9 Å². The zero-order chi connectivity index (χ0) is 23.2. The van der Waals surface area contributed by atoms with Crippen LogP contribution in [-0.2, 0) is 6.18 Å². The Morgan fingerprint density at radius 1 is 1.31 bits per heavy atom. The molecule has 0 aliphatic carbocycles. The number of nitrogens with zero attached hydrogens (tertiary/aromatic N) is 3. The van der Waals surface area contributed by atoms with Crippen molar-refractivity contribution < 1.29 is 27.9 Å². The van der Waals surface area contributed by atoms with Gasteiger partial charge in [-0.15, -0.1) is 11.3 Å². The third-order valence-corrected chi connectivity index (χ3v) is 6.32. The fourth-order valence-corrected chi connectivity index (χ4v) is 4.44. The molecule has 0 bridgehead atoms. The number of hydrogen-bond acceptors (Lipinski definition) is 5. The molecule has 11 heteroatoms. The number of aliphatic hydroxyl groups excluding tert-OH is 1. The predicted molar refractivity (Wildman–Crippen MR) is 113 cm³/mol. The summed E-state index contributed by atoms with van der Waals surface area (Å²) in [6.45, 7) is 3.56. The maximum Gasteiger partial charge on any atom is 0.425 e. The first-order chi connectivity index (χ1) is 15.1. The normalized spacial score (nSPS) is 17.2. The van der Waals surface area contributed by atoms with Crippen LogP contribution in [0.5, 0.6) is 0 Å². The largest absolute Gasteiger partial charge is 0.425 e. The molecule has 1 aliphatic rings. The third-order valence-electron chi connectivity index (χ3n) is 5.17. The fraction of sp³-hybridized carbons (Fsp3) is 0.286. The van der Waals surface area contributed by atoms with Crippen LogP contribution in [0.15, 0.2) is 42.9 Å². The average molecular weight is 464 g/mol. The number of nitrogens with one attached hydrogen (secondary N) is 1. The van der Waals surface area contributed by atoms with Crippen molar-refractivity contribution in [2.24, 2.45) is 0 Å². The van der Waals surface area contributed by atoms with Gasteiger partial charge in [0.05, 0.1) is 28.6 Å². The van der Waals surface area contributed by atoms with Crippen LogP contribution in [0.2, 0.25) is 0 Å². The second-order valence-electron chi connectivity index (χ2n) is 7.52. The first-order valence-electron chi connectivity index (χ1n) is 9.70. The number of aromatic nitrogens is 2. The van der Waals surface area contributed by atoms with E-state index in [2.05, 4.69) is 10.3 Å². The number of pyridine rings is 1. The van der Waals surface area contributed by atoms with Crippen LogP contribution in [0, 0.1) is 0 Å². The van der Waals surface area contributed by atoms with Crippen molar-refractivity contribution in [2.45, 2.75) is 32.2 Å². The second kappa shape index (κ2) is 8.06. The van der Waals surface area contributed by atoms with Crippen LogP contribution < -0.4 is 10.2 Å². The molecule has 2 atom stereocenters. The number of halogens is 3. The van der Waals surface area contributed by atoms with Crippen LogP contribution in [0.4, 0.5) is 23.9 Å². The lowest BCUT2D eigenvalue weighted by atomic mass is 10.1. The van der Waals surface area contributed by atoms with Crippen LogP contribution in [0.3, 0.4) is 0 Å². The summed E-state index contributed by atoms with van der Waals surface area (Å²) in [6, 6.07) is 5.04. The van der Waals surface area contributed by atoms with Gasteiger partial charge >= 0.3 is 6.18 Å². The van der Waals surface area contributed by atoms with Crippen LogP contribution >= 0.6 is 11.3 Å². The molecule has 2 N–H and O–H groups in total. The van der Waals surface area contributed by atoms with Crippen LogP contribution in [0.25, 0.3) is 0 Å². The molecule has 0 aromatic carbocycles. The van der Waals surface area contributed by atoms with E-state index in [0.29, 0.717) is 22.6 Å². The summed E-state index contributed by atoms with van der Waals surface area (Å²) in [4.78, 5) is 30.6. The molecule has 0 saturated carbocycles. The Hall–Kier alpha value is -3.18. The quantitative estimate of drug-likeness (QED) is 0.596. The van der Waals surface area contributed by atoms with E-state index in [4.69, 9.17) is 0 Å². The van der Waals surface area contributed by atoms with Gasteiger partial charge in [0.2, 0.25) is 0 Å². The molecule has 3 aromatic heterocycles. The molecule has 4 rings (SSSR count). The molecule has 1 aliphatic heterocycles. The Balaban J connectivity index is 1.64. The topological polar surface area (TPSA) is 87.5 Å². The number of aliphatic hydroxyl groups is 1. The Morgan fingerprint density at radius 3 is 2.72 bits per heavy atom. The molecular formula is C21H19F3N4O3S. The highest BCUT2D eigenvalue weighted by molar-refractivity contribution is 7.16. The van der Waals surface area contributed by atoms with Gasteiger partial charge in [0.25, 0.3) is 11.8 Å². The third kappa shape index (κ3) is 4.00.